The van der Waals surface area contributed by atoms with Crippen molar-refractivity contribution in [3.63, 3.8) is 0 Å². The van der Waals surface area contributed by atoms with Gasteiger partial charge in [-0.3, -0.25) is 4.79 Å². The number of amides is 1. The Morgan fingerprint density at radius 2 is 1.95 bits per heavy atom. The number of carbonyl (C=O) groups excluding carboxylic acids is 1. The predicted octanol–water partition coefficient (Wildman–Crippen LogP) is 3.99. The van der Waals surface area contributed by atoms with Gasteiger partial charge in [0.05, 0.1) is 4.47 Å². The van der Waals surface area contributed by atoms with Gasteiger partial charge in [0, 0.05) is 5.69 Å². The van der Waals surface area contributed by atoms with Crippen LogP contribution in [0.5, 0.6) is 5.75 Å². The van der Waals surface area contributed by atoms with E-state index in [1.165, 1.54) is 18.2 Å². The van der Waals surface area contributed by atoms with Crippen LogP contribution in [0.2, 0.25) is 0 Å². The molecule has 0 radical (unpaired) electrons. The summed E-state index contributed by atoms with van der Waals surface area (Å²) in [6.07, 6.45) is -0.697. The van der Waals surface area contributed by atoms with Gasteiger partial charge in [0.2, 0.25) is 0 Å². The fraction of sp³-hybridized carbons (Fsp3) is 0.133. The normalized spacial score (nSPS) is 11.8. The standard InChI is InChI=1S/C15H13BrFNO2/c1-10(15(19)18-12-5-3-2-4-6-12)20-14-8-7-11(17)9-13(14)16/h2-10H,1H3,(H,18,19). The predicted molar refractivity (Wildman–Crippen MR) is 79.3 cm³/mol. The summed E-state index contributed by atoms with van der Waals surface area (Å²) >= 11 is 3.19. The largest absolute Gasteiger partial charge is 0.480 e. The molecule has 1 amide bonds. The second kappa shape index (κ2) is 6.52. The number of para-hydroxylation sites is 1. The zero-order valence-corrected chi connectivity index (χ0v) is 12.4. The van der Waals surface area contributed by atoms with E-state index < -0.39 is 6.10 Å². The molecule has 0 bridgehead atoms. The molecule has 5 heteroatoms. The molecule has 2 aromatic carbocycles. The summed E-state index contributed by atoms with van der Waals surface area (Å²) < 4.78 is 18.9. The summed E-state index contributed by atoms with van der Waals surface area (Å²) in [7, 11) is 0. The first-order valence-corrected chi connectivity index (χ1v) is 6.83. The molecule has 0 heterocycles. The summed E-state index contributed by atoms with van der Waals surface area (Å²) in [5, 5.41) is 2.74. The SMILES string of the molecule is CC(Oc1ccc(F)cc1Br)C(=O)Nc1ccccc1. The van der Waals surface area contributed by atoms with Crippen molar-refractivity contribution in [2.75, 3.05) is 5.32 Å². The van der Waals surface area contributed by atoms with Gasteiger partial charge in [0.15, 0.2) is 6.10 Å². The molecule has 2 aromatic rings. The number of hydrogen-bond donors (Lipinski definition) is 1. The molecule has 2 rings (SSSR count). The number of rotatable bonds is 4. The van der Waals surface area contributed by atoms with Gasteiger partial charge in [-0.15, -0.1) is 0 Å². The van der Waals surface area contributed by atoms with Crippen LogP contribution in [-0.2, 0) is 4.79 Å². The lowest BCUT2D eigenvalue weighted by Crippen LogP contribution is -2.30. The van der Waals surface area contributed by atoms with Crippen LogP contribution in [0, 0.1) is 5.82 Å². The van der Waals surface area contributed by atoms with Crippen LogP contribution in [0.15, 0.2) is 53.0 Å². The highest BCUT2D eigenvalue weighted by Gasteiger charge is 2.16. The van der Waals surface area contributed by atoms with Crippen molar-refractivity contribution in [2.24, 2.45) is 0 Å². The summed E-state index contributed by atoms with van der Waals surface area (Å²) in [6, 6.07) is 13.2. The molecule has 0 aliphatic heterocycles. The molecule has 1 N–H and O–H groups in total. The third-order valence-corrected chi connectivity index (χ3v) is 3.23. The Labute approximate surface area is 124 Å². The van der Waals surface area contributed by atoms with Crippen molar-refractivity contribution in [2.45, 2.75) is 13.0 Å². The molecule has 0 aromatic heterocycles. The second-order valence-electron chi connectivity index (χ2n) is 4.19. The van der Waals surface area contributed by atoms with Crippen molar-refractivity contribution >= 4 is 27.5 Å². The van der Waals surface area contributed by atoms with Crippen LogP contribution in [0.4, 0.5) is 10.1 Å². The summed E-state index contributed by atoms with van der Waals surface area (Å²) in [6.45, 7) is 1.63. The molecule has 0 fully saturated rings. The molecule has 0 aliphatic rings. The molecule has 0 aliphatic carbocycles. The molecule has 1 atom stereocenters. The van der Waals surface area contributed by atoms with Crippen molar-refractivity contribution < 1.29 is 13.9 Å². The average Bonchev–Trinajstić information content (AvgIpc) is 2.43. The third kappa shape index (κ3) is 3.81. The first kappa shape index (κ1) is 14.5. The van der Waals surface area contributed by atoms with Crippen LogP contribution in [0.3, 0.4) is 0 Å². The minimum absolute atomic E-state index is 0.271. The van der Waals surface area contributed by atoms with Gasteiger partial charge in [0.25, 0.3) is 5.91 Å². The molecular formula is C15H13BrFNO2. The highest BCUT2D eigenvalue weighted by Crippen LogP contribution is 2.26. The Balaban J connectivity index is 2.00. The van der Waals surface area contributed by atoms with Gasteiger partial charge in [0.1, 0.15) is 11.6 Å². The molecule has 20 heavy (non-hydrogen) atoms. The van der Waals surface area contributed by atoms with Crippen molar-refractivity contribution in [1.29, 1.82) is 0 Å². The summed E-state index contributed by atoms with van der Waals surface area (Å²) in [5.74, 6) is -0.222. The first-order valence-electron chi connectivity index (χ1n) is 6.04. The molecule has 0 saturated carbocycles. The highest BCUT2D eigenvalue weighted by atomic mass is 79.9. The monoisotopic (exact) mass is 337 g/mol. The van der Waals surface area contributed by atoms with Gasteiger partial charge in [-0.25, -0.2) is 4.39 Å². The zero-order chi connectivity index (χ0) is 14.5. The minimum Gasteiger partial charge on any atom is -0.480 e. The van der Waals surface area contributed by atoms with E-state index in [4.69, 9.17) is 4.74 Å². The number of halogens is 2. The Kier molecular flexibility index (Phi) is 4.74. The van der Waals surface area contributed by atoms with E-state index in [1.807, 2.05) is 18.2 Å². The number of nitrogens with one attached hydrogen (secondary N) is 1. The van der Waals surface area contributed by atoms with Crippen LogP contribution < -0.4 is 10.1 Å². The number of anilines is 1. The van der Waals surface area contributed by atoms with E-state index in [-0.39, 0.29) is 11.7 Å². The second-order valence-corrected chi connectivity index (χ2v) is 5.04. The maximum atomic E-state index is 13.0. The number of benzene rings is 2. The summed E-state index contributed by atoms with van der Waals surface area (Å²) in [4.78, 5) is 12.0. The van der Waals surface area contributed by atoms with Crippen LogP contribution >= 0.6 is 15.9 Å². The Morgan fingerprint density at radius 1 is 1.25 bits per heavy atom. The van der Waals surface area contributed by atoms with E-state index in [9.17, 15) is 9.18 Å². The lowest BCUT2D eigenvalue weighted by atomic mass is 10.3. The number of ether oxygens (including phenoxy) is 1. The van der Waals surface area contributed by atoms with Crippen LogP contribution in [0.1, 0.15) is 6.92 Å². The molecule has 1 unspecified atom stereocenters. The summed E-state index contributed by atoms with van der Waals surface area (Å²) in [5.41, 5.74) is 0.700. The number of carbonyl (C=O) groups is 1. The fourth-order valence-corrected chi connectivity index (χ4v) is 2.02. The lowest BCUT2D eigenvalue weighted by Gasteiger charge is -2.15. The number of hydrogen-bond acceptors (Lipinski definition) is 2. The maximum absolute atomic E-state index is 13.0. The molecule has 0 spiro atoms. The van der Waals surface area contributed by atoms with Crippen molar-refractivity contribution in [3.05, 3.63) is 58.8 Å². The topological polar surface area (TPSA) is 38.3 Å². The smallest absolute Gasteiger partial charge is 0.265 e. The quantitative estimate of drug-likeness (QED) is 0.915. The van der Waals surface area contributed by atoms with E-state index in [1.54, 1.807) is 19.1 Å². The van der Waals surface area contributed by atoms with E-state index in [0.717, 1.165) is 0 Å². The van der Waals surface area contributed by atoms with E-state index >= 15 is 0 Å². The van der Waals surface area contributed by atoms with Crippen molar-refractivity contribution in [1.82, 2.24) is 0 Å². The molecule has 3 nitrogen and oxygen atoms in total. The van der Waals surface area contributed by atoms with Crippen LogP contribution in [0.25, 0.3) is 0 Å². The highest BCUT2D eigenvalue weighted by molar-refractivity contribution is 9.10. The average molecular weight is 338 g/mol. The Morgan fingerprint density at radius 3 is 2.60 bits per heavy atom. The maximum Gasteiger partial charge on any atom is 0.265 e. The Bertz CT molecular complexity index is 604. The Hall–Kier alpha value is -1.88. The van der Waals surface area contributed by atoms with Gasteiger partial charge in [-0.05, 0) is 53.2 Å². The van der Waals surface area contributed by atoms with Gasteiger partial charge >= 0.3 is 0 Å². The molecular weight excluding hydrogens is 325 g/mol. The lowest BCUT2D eigenvalue weighted by molar-refractivity contribution is -0.122. The van der Waals surface area contributed by atoms with E-state index in [0.29, 0.717) is 15.9 Å². The van der Waals surface area contributed by atoms with Crippen molar-refractivity contribution in [3.8, 4) is 5.75 Å². The minimum atomic E-state index is -0.697. The van der Waals surface area contributed by atoms with Gasteiger partial charge in [-0.1, -0.05) is 18.2 Å². The van der Waals surface area contributed by atoms with Gasteiger partial charge < -0.3 is 10.1 Å². The first-order chi connectivity index (χ1) is 9.56. The fourth-order valence-electron chi connectivity index (χ4n) is 1.58. The van der Waals surface area contributed by atoms with E-state index in [2.05, 4.69) is 21.2 Å². The van der Waals surface area contributed by atoms with Crippen LogP contribution in [-0.4, -0.2) is 12.0 Å². The zero-order valence-electron chi connectivity index (χ0n) is 10.8. The van der Waals surface area contributed by atoms with Gasteiger partial charge in [-0.2, -0.15) is 0 Å². The third-order valence-electron chi connectivity index (χ3n) is 2.61. The molecule has 104 valence electrons. The molecule has 0 saturated heterocycles.